The lowest BCUT2D eigenvalue weighted by Crippen LogP contribution is -2.55. The van der Waals surface area contributed by atoms with E-state index >= 15 is 0 Å². The normalized spacial score (nSPS) is 15.1. The molecule has 0 heterocycles. The maximum atomic E-state index is 12.3. The number of fused-ring (bicyclic) bond motifs is 1. The number of rotatable bonds is 3. The molecule has 0 atom stereocenters. The van der Waals surface area contributed by atoms with Crippen LogP contribution in [0.15, 0.2) is 48.5 Å². The first-order chi connectivity index (χ1) is 10.5. The van der Waals surface area contributed by atoms with Gasteiger partial charge >= 0.3 is 5.97 Å². The summed E-state index contributed by atoms with van der Waals surface area (Å²) >= 11 is 0. The Labute approximate surface area is 127 Å². The van der Waals surface area contributed by atoms with E-state index in [0.29, 0.717) is 0 Å². The zero-order valence-electron chi connectivity index (χ0n) is 11.7. The third kappa shape index (κ3) is 2.41. The van der Waals surface area contributed by atoms with Crippen LogP contribution in [-0.4, -0.2) is 27.6 Å². The van der Waals surface area contributed by atoms with Crippen LogP contribution in [0.5, 0.6) is 5.75 Å². The van der Waals surface area contributed by atoms with E-state index in [1.165, 1.54) is 18.2 Å². The van der Waals surface area contributed by atoms with E-state index < -0.39 is 17.4 Å². The molecular weight excluding hydrogens is 282 g/mol. The lowest BCUT2D eigenvalue weighted by atomic mass is 9.95. The van der Waals surface area contributed by atoms with Gasteiger partial charge < -0.3 is 15.5 Å². The molecular formula is C17H15NO4. The van der Waals surface area contributed by atoms with Crippen LogP contribution in [0.3, 0.4) is 0 Å². The molecule has 1 aliphatic rings. The van der Waals surface area contributed by atoms with E-state index in [9.17, 15) is 19.8 Å². The summed E-state index contributed by atoms with van der Waals surface area (Å²) < 4.78 is 0. The second-order valence-corrected chi connectivity index (χ2v) is 5.51. The number of nitrogens with one attached hydrogen (secondary N) is 1. The summed E-state index contributed by atoms with van der Waals surface area (Å²) in [6.07, 6.45) is 0.506. The van der Waals surface area contributed by atoms with E-state index in [2.05, 4.69) is 5.32 Å². The van der Waals surface area contributed by atoms with E-state index in [4.69, 9.17) is 0 Å². The molecule has 0 bridgehead atoms. The predicted octanol–water partition coefficient (Wildman–Crippen LogP) is 1.74. The summed E-state index contributed by atoms with van der Waals surface area (Å²) in [7, 11) is 0. The monoisotopic (exact) mass is 297 g/mol. The fourth-order valence-electron chi connectivity index (χ4n) is 2.84. The van der Waals surface area contributed by atoms with E-state index in [1.807, 2.05) is 24.3 Å². The molecule has 22 heavy (non-hydrogen) atoms. The van der Waals surface area contributed by atoms with Crippen molar-refractivity contribution in [1.29, 1.82) is 0 Å². The van der Waals surface area contributed by atoms with Crippen molar-refractivity contribution in [3.63, 3.8) is 0 Å². The highest BCUT2D eigenvalue weighted by Gasteiger charge is 2.45. The number of carboxylic acids is 1. The van der Waals surface area contributed by atoms with Gasteiger partial charge in [-0.3, -0.25) is 4.79 Å². The zero-order valence-corrected chi connectivity index (χ0v) is 11.7. The minimum absolute atomic E-state index is 0.0354. The van der Waals surface area contributed by atoms with Gasteiger partial charge in [-0.1, -0.05) is 30.3 Å². The fraction of sp³-hybridized carbons (Fsp3) is 0.176. The number of amides is 1. The Hall–Kier alpha value is -2.82. The average Bonchev–Trinajstić information content (AvgIpc) is 2.86. The molecule has 0 spiro atoms. The molecule has 112 valence electrons. The number of hydrogen-bond donors (Lipinski definition) is 3. The maximum Gasteiger partial charge on any atom is 0.330 e. The third-order valence-electron chi connectivity index (χ3n) is 3.97. The molecule has 0 radical (unpaired) electrons. The Morgan fingerprint density at radius 3 is 2.18 bits per heavy atom. The summed E-state index contributed by atoms with van der Waals surface area (Å²) in [6, 6.07) is 13.3. The van der Waals surface area contributed by atoms with Gasteiger partial charge in [-0.2, -0.15) is 0 Å². The topological polar surface area (TPSA) is 86.6 Å². The molecule has 1 aliphatic carbocycles. The number of carbonyl (C=O) groups is 2. The molecule has 0 fully saturated rings. The first kappa shape index (κ1) is 14.1. The van der Waals surface area contributed by atoms with Crippen LogP contribution in [0.2, 0.25) is 0 Å². The van der Waals surface area contributed by atoms with Gasteiger partial charge in [-0.15, -0.1) is 0 Å². The summed E-state index contributed by atoms with van der Waals surface area (Å²) in [5, 5.41) is 21.7. The summed E-state index contributed by atoms with van der Waals surface area (Å²) in [5.41, 5.74) is 0.755. The minimum atomic E-state index is -1.34. The van der Waals surface area contributed by atoms with Crippen LogP contribution in [0.1, 0.15) is 21.5 Å². The van der Waals surface area contributed by atoms with Crippen LogP contribution in [0, 0.1) is 0 Å². The Morgan fingerprint density at radius 2 is 1.64 bits per heavy atom. The minimum Gasteiger partial charge on any atom is -0.508 e. The van der Waals surface area contributed by atoms with Gasteiger partial charge in [0.05, 0.1) is 0 Å². The van der Waals surface area contributed by atoms with Gasteiger partial charge in [0.1, 0.15) is 11.3 Å². The number of hydrogen-bond acceptors (Lipinski definition) is 3. The van der Waals surface area contributed by atoms with Gasteiger partial charge in [-0.25, -0.2) is 4.79 Å². The number of carboxylic acid groups (broad SMARTS) is 1. The Kier molecular flexibility index (Phi) is 3.33. The van der Waals surface area contributed by atoms with Crippen LogP contribution < -0.4 is 5.32 Å². The predicted molar refractivity (Wildman–Crippen MR) is 79.8 cm³/mol. The van der Waals surface area contributed by atoms with Crippen molar-refractivity contribution in [2.45, 2.75) is 18.4 Å². The van der Waals surface area contributed by atoms with Gasteiger partial charge in [-0.05, 0) is 29.3 Å². The SMILES string of the molecule is O=C(NC1(C(=O)O)Cc2ccccc2C1)c1cccc(O)c1. The molecule has 0 aliphatic heterocycles. The Morgan fingerprint density at radius 1 is 1.00 bits per heavy atom. The van der Waals surface area contributed by atoms with E-state index in [1.54, 1.807) is 6.07 Å². The third-order valence-corrected chi connectivity index (χ3v) is 3.97. The molecule has 5 nitrogen and oxygen atoms in total. The smallest absolute Gasteiger partial charge is 0.330 e. The molecule has 0 saturated heterocycles. The first-order valence-corrected chi connectivity index (χ1v) is 6.92. The molecule has 0 unspecified atom stereocenters. The lowest BCUT2D eigenvalue weighted by molar-refractivity contribution is -0.144. The Balaban J connectivity index is 1.88. The molecule has 5 heteroatoms. The number of phenolic OH excluding ortho intramolecular Hbond substituents is 1. The first-order valence-electron chi connectivity index (χ1n) is 6.92. The molecule has 3 N–H and O–H groups in total. The largest absolute Gasteiger partial charge is 0.508 e. The van der Waals surface area contributed by atoms with Gasteiger partial charge in [0, 0.05) is 18.4 Å². The second-order valence-electron chi connectivity index (χ2n) is 5.51. The highest BCUT2D eigenvalue weighted by Crippen LogP contribution is 2.30. The Bertz CT molecular complexity index is 729. The number of phenols is 1. The molecule has 0 aromatic heterocycles. The van der Waals surface area contributed by atoms with Crippen molar-refractivity contribution >= 4 is 11.9 Å². The van der Waals surface area contributed by atoms with Crippen LogP contribution >= 0.6 is 0 Å². The van der Waals surface area contributed by atoms with Crippen LogP contribution in [-0.2, 0) is 17.6 Å². The van der Waals surface area contributed by atoms with Crippen molar-refractivity contribution in [2.24, 2.45) is 0 Å². The fourth-order valence-corrected chi connectivity index (χ4v) is 2.84. The van der Waals surface area contributed by atoms with E-state index in [-0.39, 0.29) is 24.2 Å². The zero-order chi connectivity index (χ0) is 15.7. The molecule has 0 saturated carbocycles. The van der Waals surface area contributed by atoms with E-state index in [0.717, 1.165) is 11.1 Å². The summed E-state index contributed by atoms with van der Waals surface area (Å²) in [4.78, 5) is 24.1. The molecule has 2 aromatic rings. The molecule has 1 amide bonds. The summed E-state index contributed by atoms with van der Waals surface area (Å²) in [5.74, 6) is -1.60. The van der Waals surface area contributed by atoms with Crippen molar-refractivity contribution < 1.29 is 19.8 Å². The van der Waals surface area contributed by atoms with Crippen LogP contribution in [0.25, 0.3) is 0 Å². The number of benzene rings is 2. The molecule has 2 aromatic carbocycles. The quantitative estimate of drug-likeness (QED) is 0.805. The number of aliphatic carboxylic acids is 1. The second kappa shape index (κ2) is 5.18. The maximum absolute atomic E-state index is 12.3. The van der Waals surface area contributed by atoms with Gasteiger partial charge in [0.15, 0.2) is 0 Å². The van der Waals surface area contributed by atoms with Crippen molar-refractivity contribution in [2.75, 3.05) is 0 Å². The summed E-state index contributed by atoms with van der Waals surface area (Å²) in [6.45, 7) is 0. The lowest BCUT2D eigenvalue weighted by Gasteiger charge is -2.25. The standard InChI is InChI=1S/C17H15NO4/c19-14-7-3-6-11(8-14)15(20)18-17(16(21)22)9-12-4-1-2-5-13(12)10-17/h1-8,19H,9-10H2,(H,18,20)(H,21,22). The highest BCUT2D eigenvalue weighted by molar-refractivity contribution is 5.98. The number of carbonyl (C=O) groups excluding carboxylic acids is 1. The van der Waals surface area contributed by atoms with Crippen molar-refractivity contribution in [3.8, 4) is 5.75 Å². The van der Waals surface area contributed by atoms with Crippen molar-refractivity contribution in [1.82, 2.24) is 5.32 Å². The van der Waals surface area contributed by atoms with Gasteiger partial charge in [0.2, 0.25) is 0 Å². The van der Waals surface area contributed by atoms with Gasteiger partial charge in [0.25, 0.3) is 5.91 Å². The number of aromatic hydroxyl groups is 1. The highest BCUT2D eigenvalue weighted by atomic mass is 16.4. The molecule has 3 rings (SSSR count). The van der Waals surface area contributed by atoms with Crippen molar-refractivity contribution in [3.05, 3.63) is 65.2 Å². The average molecular weight is 297 g/mol. The van der Waals surface area contributed by atoms with Crippen LogP contribution in [0.4, 0.5) is 0 Å².